The van der Waals surface area contributed by atoms with Crippen LogP contribution in [0.4, 0.5) is 15.8 Å². The van der Waals surface area contributed by atoms with Crippen molar-refractivity contribution in [1.82, 2.24) is 0 Å². The van der Waals surface area contributed by atoms with Gasteiger partial charge in [-0.05, 0) is 29.7 Å². The van der Waals surface area contributed by atoms with Crippen LogP contribution in [0.2, 0.25) is 0 Å². The number of nitrogens with zero attached hydrogens (tertiary/aromatic N) is 1. The van der Waals surface area contributed by atoms with Gasteiger partial charge in [0.15, 0.2) is 0 Å². The molecule has 0 bridgehead atoms. The van der Waals surface area contributed by atoms with Crippen LogP contribution < -0.4 is 3.11 Å². The van der Waals surface area contributed by atoms with E-state index in [0.717, 1.165) is 25.9 Å². The number of anilines is 2. The Labute approximate surface area is 164 Å². The quantitative estimate of drug-likeness (QED) is 0.222. The predicted octanol–water partition coefficient (Wildman–Crippen LogP) is 7.81. The molecule has 25 heavy (non-hydrogen) atoms. The molecule has 4 heteroatoms. The minimum atomic E-state index is -0.146. The maximum absolute atomic E-state index is 14.2. The summed E-state index contributed by atoms with van der Waals surface area (Å²) in [4.78, 5) is 0. The number of thiophene rings is 1. The first-order valence-corrected chi connectivity index (χ1v) is 10.0. The van der Waals surface area contributed by atoms with Gasteiger partial charge in [-0.3, -0.25) is 3.11 Å². The lowest BCUT2D eigenvalue weighted by Crippen LogP contribution is -2.05. The summed E-state index contributed by atoms with van der Waals surface area (Å²) in [5.41, 5.74) is 3.59. The number of fused-ring (bicyclic) bond motifs is 3. The number of benzene rings is 3. The van der Waals surface area contributed by atoms with Crippen LogP contribution in [0, 0.1) is 5.82 Å². The summed E-state index contributed by atoms with van der Waals surface area (Å²) in [5, 5.41) is 2.10. The van der Waals surface area contributed by atoms with E-state index in [1.54, 1.807) is 6.07 Å². The zero-order chi connectivity index (χ0) is 17.6. The predicted molar refractivity (Wildman–Crippen MR) is 116 cm³/mol. The van der Waals surface area contributed by atoms with E-state index in [2.05, 4.69) is 82.3 Å². The van der Waals surface area contributed by atoms with Gasteiger partial charge in [0.05, 0.1) is 43.6 Å². The largest absolute Gasteiger partial charge is 0.281 e. The highest BCUT2D eigenvalue weighted by molar-refractivity contribution is 14.1. The second-order valence-corrected chi connectivity index (χ2v) is 8.35. The third kappa shape index (κ3) is 2.81. The molecule has 0 fully saturated rings. The average molecular weight is 461 g/mol. The molecule has 0 amide bonds. The number of rotatable bonds is 3. The van der Waals surface area contributed by atoms with Crippen LogP contribution in [0.1, 0.15) is 25.3 Å². The first-order chi connectivity index (χ1) is 12.1. The van der Waals surface area contributed by atoms with Crippen molar-refractivity contribution in [3.63, 3.8) is 0 Å². The molecule has 0 aliphatic rings. The van der Waals surface area contributed by atoms with Gasteiger partial charge in [0.25, 0.3) is 0 Å². The van der Waals surface area contributed by atoms with Crippen molar-refractivity contribution in [2.45, 2.75) is 19.8 Å². The molecular weight excluding hydrogens is 444 g/mol. The molecule has 0 N–H and O–H groups in total. The number of hydrogen-bond acceptors (Lipinski definition) is 2. The maximum Gasteiger partial charge on any atom is 0.141 e. The third-order valence-electron chi connectivity index (χ3n) is 4.44. The van der Waals surface area contributed by atoms with Crippen molar-refractivity contribution in [3.05, 3.63) is 72.0 Å². The van der Waals surface area contributed by atoms with Crippen LogP contribution in [-0.2, 0) is 0 Å². The molecule has 0 atom stereocenters. The molecule has 4 aromatic rings. The van der Waals surface area contributed by atoms with E-state index in [1.165, 1.54) is 28.7 Å². The van der Waals surface area contributed by atoms with Gasteiger partial charge in [-0.1, -0.05) is 56.3 Å². The van der Waals surface area contributed by atoms with Gasteiger partial charge in [-0.25, -0.2) is 4.39 Å². The lowest BCUT2D eigenvalue weighted by molar-refractivity contribution is 0.642. The van der Waals surface area contributed by atoms with Crippen LogP contribution in [-0.4, -0.2) is 0 Å². The standard InChI is InChI=1S/C21H17FINS/c1-13(2)14-7-3-4-11-18(14)24(23)19-12-6-9-16-15-8-5-10-17(22)20(15)25-21(16)19/h3-13H,1-2H3. The van der Waals surface area contributed by atoms with E-state index in [9.17, 15) is 4.39 Å². The Bertz CT molecular complexity index is 1070. The third-order valence-corrected chi connectivity index (χ3v) is 6.73. The number of hydrogen-bond donors (Lipinski definition) is 0. The zero-order valence-corrected chi connectivity index (χ0v) is 16.9. The van der Waals surface area contributed by atoms with Gasteiger partial charge < -0.3 is 0 Å². The molecule has 0 saturated heterocycles. The van der Waals surface area contributed by atoms with Crippen molar-refractivity contribution < 1.29 is 4.39 Å². The molecule has 126 valence electrons. The highest BCUT2D eigenvalue weighted by atomic mass is 127. The number of halogens is 2. The summed E-state index contributed by atoms with van der Waals surface area (Å²) in [7, 11) is 0. The number of para-hydroxylation sites is 1. The Morgan fingerprint density at radius 3 is 2.24 bits per heavy atom. The normalized spacial score (nSPS) is 11.6. The maximum atomic E-state index is 14.2. The molecule has 0 spiro atoms. The van der Waals surface area contributed by atoms with Gasteiger partial charge in [0.1, 0.15) is 5.82 Å². The van der Waals surface area contributed by atoms with Gasteiger partial charge in [-0.15, -0.1) is 11.3 Å². The van der Waals surface area contributed by atoms with E-state index < -0.39 is 0 Å². The minimum absolute atomic E-state index is 0.146. The van der Waals surface area contributed by atoms with Gasteiger partial charge >= 0.3 is 0 Å². The van der Waals surface area contributed by atoms with Crippen molar-refractivity contribution in [1.29, 1.82) is 0 Å². The smallest absolute Gasteiger partial charge is 0.141 e. The van der Waals surface area contributed by atoms with Gasteiger partial charge in [0, 0.05) is 10.8 Å². The molecule has 1 aromatic heterocycles. The summed E-state index contributed by atoms with van der Waals surface area (Å²) in [6.07, 6.45) is 0. The van der Waals surface area contributed by atoms with Crippen LogP contribution in [0.25, 0.3) is 20.2 Å². The summed E-state index contributed by atoms with van der Waals surface area (Å²) in [5.74, 6) is 0.291. The zero-order valence-electron chi connectivity index (χ0n) is 14.0. The SMILES string of the molecule is CC(C)c1ccccc1N(I)c1cccc2c1sc1c(F)cccc12. The summed E-state index contributed by atoms with van der Waals surface area (Å²) >= 11 is 3.89. The first-order valence-electron chi connectivity index (χ1n) is 8.22. The van der Waals surface area contributed by atoms with Crippen molar-refractivity contribution >= 4 is 65.7 Å². The molecule has 1 nitrogen and oxygen atoms in total. The van der Waals surface area contributed by atoms with Crippen LogP contribution >= 0.6 is 34.2 Å². The molecular formula is C21H17FINS. The summed E-state index contributed by atoms with van der Waals surface area (Å²) in [6.45, 7) is 4.41. The van der Waals surface area contributed by atoms with E-state index in [-0.39, 0.29) is 5.82 Å². The fourth-order valence-electron chi connectivity index (χ4n) is 3.21. The fourth-order valence-corrected chi connectivity index (χ4v) is 5.42. The molecule has 1 heterocycles. The fraction of sp³-hybridized carbons (Fsp3) is 0.143. The first kappa shape index (κ1) is 16.8. The minimum Gasteiger partial charge on any atom is -0.281 e. The van der Waals surface area contributed by atoms with E-state index in [4.69, 9.17) is 0 Å². The Morgan fingerprint density at radius 2 is 1.48 bits per heavy atom. The van der Waals surface area contributed by atoms with Crippen molar-refractivity contribution in [3.8, 4) is 0 Å². The Morgan fingerprint density at radius 1 is 0.840 bits per heavy atom. The van der Waals surface area contributed by atoms with Gasteiger partial charge in [0.2, 0.25) is 0 Å². The molecule has 0 aliphatic heterocycles. The van der Waals surface area contributed by atoms with Crippen LogP contribution in [0.5, 0.6) is 0 Å². The Hall–Kier alpha value is -1.66. The topological polar surface area (TPSA) is 3.24 Å². The lowest BCUT2D eigenvalue weighted by atomic mass is 10.0. The van der Waals surface area contributed by atoms with E-state index in [1.807, 2.05) is 6.07 Å². The van der Waals surface area contributed by atoms with Crippen molar-refractivity contribution in [2.24, 2.45) is 0 Å². The second kappa shape index (κ2) is 6.57. The summed E-state index contributed by atoms with van der Waals surface area (Å²) in [6, 6.07) is 20.0. The van der Waals surface area contributed by atoms with Crippen molar-refractivity contribution in [2.75, 3.05) is 3.11 Å². The molecule has 4 rings (SSSR count). The Kier molecular flexibility index (Phi) is 4.41. The highest BCUT2D eigenvalue weighted by Crippen LogP contribution is 2.44. The lowest BCUT2D eigenvalue weighted by Gasteiger charge is -2.22. The average Bonchev–Trinajstić information content (AvgIpc) is 3.01. The second-order valence-electron chi connectivity index (χ2n) is 6.37. The molecule has 0 saturated carbocycles. The van der Waals surface area contributed by atoms with E-state index >= 15 is 0 Å². The van der Waals surface area contributed by atoms with Crippen LogP contribution in [0.15, 0.2) is 60.7 Å². The molecule has 0 unspecified atom stereocenters. The monoisotopic (exact) mass is 461 g/mol. The Balaban J connectivity index is 1.96. The van der Waals surface area contributed by atoms with Gasteiger partial charge in [-0.2, -0.15) is 0 Å². The van der Waals surface area contributed by atoms with Crippen LogP contribution in [0.3, 0.4) is 0 Å². The molecule has 3 aromatic carbocycles. The molecule has 0 aliphatic carbocycles. The summed E-state index contributed by atoms with van der Waals surface area (Å²) < 4.78 is 18.3. The highest BCUT2D eigenvalue weighted by Gasteiger charge is 2.18. The van der Waals surface area contributed by atoms with E-state index in [0.29, 0.717) is 5.92 Å². The molecule has 0 radical (unpaired) electrons.